The van der Waals surface area contributed by atoms with Gasteiger partial charge in [-0.25, -0.2) is 0 Å². The fraction of sp³-hybridized carbons (Fsp3) is 0.267. The maximum Gasteiger partial charge on any atom is 0.311 e. The molecule has 0 radical (unpaired) electrons. The molecule has 2 unspecified atom stereocenters. The Morgan fingerprint density at radius 2 is 0.980 bits per heavy atom. The van der Waals surface area contributed by atoms with Crippen molar-refractivity contribution in [2.24, 2.45) is 11.1 Å². The van der Waals surface area contributed by atoms with E-state index in [1.807, 2.05) is 103 Å². The van der Waals surface area contributed by atoms with E-state index in [2.05, 4.69) is 53.8 Å². The minimum Gasteiger partial charge on any atom is -0.481 e. The largest absolute Gasteiger partial charge is 0.481 e. The van der Waals surface area contributed by atoms with Crippen LogP contribution < -0.4 is 11.1 Å². The fourth-order valence-electron chi connectivity index (χ4n) is 6.41. The molecule has 1 amide bonds. The van der Waals surface area contributed by atoms with E-state index < -0.39 is 17.3 Å². The van der Waals surface area contributed by atoms with Crippen LogP contribution in [0, 0.1) is 5.41 Å². The third kappa shape index (κ3) is 11.1. The van der Waals surface area contributed by atoms with Crippen LogP contribution in [0.3, 0.4) is 0 Å². The van der Waals surface area contributed by atoms with Gasteiger partial charge in [0.1, 0.15) is 11.2 Å². The summed E-state index contributed by atoms with van der Waals surface area (Å²) >= 11 is 0. The molecule has 6 nitrogen and oxygen atoms in total. The van der Waals surface area contributed by atoms with E-state index in [9.17, 15) is 19.5 Å². The van der Waals surface area contributed by atoms with Crippen LogP contribution in [0.25, 0.3) is 0 Å². The first kappa shape index (κ1) is 38.5. The smallest absolute Gasteiger partial charge is 0.311 e. The van der Waals surface area contributed by atoms with Gasteiger partial charge in [0.2, 0.25) is 5.91 Å². The first-order valence-electron chi connectivity index (χ1n) is 17.7. The van der Waals surface area contributed by atoms with Gasteiger partial charge < -0.3 is 16.2 Å². The number of carboxylic acids is 1. The van der Waals surface area contributed by atoms with Crippen LogP contribution in [0.2, 0.25) is 0 Å². The maximum absolute atomic E-state index is 12.9. The highest BCUT2D eigenvalue weighted by molar-refractivity contribution is 6.04. The summed E-state index contributed by atoms with van der Waals surface area (Å²) in [4.78, 5) is 37.3. The van der Waals surface area contributed by atoms with Gasteiger partial charge in [-0.1, -0.05) is 152 Å². The second-order valence-electron chi connectivity index (χ2n) is 13.1. The lowest BCUT2D eigenvalue weighted by atomic mass is 9.73. The third-order valence-corrected chi connectivity index (χ3v) is 9.59. The molecule has 5 rings (SSSR count). The summed E-state index contributed by atoms with van der Waals surface area (Å²) in [6, 6.07) is 49.9. The topological polar surface area (TPSA) is 109 Å². The van der Waals surface area contributed by atoms with E-state index in [0.29, 0.717) is 25.9 Å². The van der Waals surface area contributed by atoms with Crippen molar-refractivity contribution in [1.82, 2.24) is 5.32 Å². The van der Waals surface area contributed by atoms with Crippen molar-refractivity contribution in [3.63, 3.8) is 0 Å². The minimum absolute atomic E-state index is 0.0314. The zero-order chi connectivity index (χ0) is 36.5. The molecule has 51 heavy (non-hydrogen) atoms. The van der Waals surface area contributed by atoms with Crippen LogP contribution in [0.4, 0.5) is 0 Å². The molecular formula is C45H50N2O4. The molecule has 0 aromatic heterocycles. The van der Waals surface area contributed by atoms with Crippen LogP contribution in [0.1, 0.15) is 85.1 Å². The van der Waals surface area contributed by atoms with Gasteiger partial charge in [-0.15, -0.1) is 0 Å². The summed E-state index contributed by atoms with van der Waals surface area (Å²) in [7, 11) is 0. The highest BCUT2D eigenvalue weighted by atomic mass is 16.4. The second kappa shape index (κ2) is 19.8. The van der Waals surface area contributed by atoms with Crippen molar-refractivity contribution in [2.75, 3.05) is 13.1 Å². The lowest BCUT2D eigenvalue weighted by Crippen LogP contribution is -2.45. The molecule has 6 heteroatoms. The highest BCUT2D eigenvalue weighted by Gasteiger charge is 2.40. The number of amides is 1. The average Bonchev–Trinajstić information content (AvgIpc) is 3.17. The molecule has 0 saturated heterocycles. The zero-order valence-corrected chi connectivity index (χ0v) is 29.7. The number of hydrogen-bond acceptors (Lipinski definition) is 4. The molecule has 2 atom stereocenters. The van der Waals surface area contributed by atoms with Crippen LogP contribution in [-0.2, 0) is 14.4 Å². The number of rotatable bonds is 16. The molecular weight excluding hydrogens is 633 g/mol. The van der Waals surface area contributed by atoms with E-state index in [4.69, 9.17) is 5.73 Å². The van der Waals surface area contributed by atoms with E-state index in [-0.39, 0.29) is 23.5 Å². The summed E-state index contributed by atoms with van der Waals surface area (Å²) in [5.41, 5.74) is 9.77. The van der Waals surface area contributed by atoms with Gasteiger partial charge in [0.05, 0.1) is 5.92 Å². The van der Waals surface area contributed by atoms with Crippen molar-refractivity contribution in [2.45, 2.75) is 57.3 Å². The number of carbonyl (C=O) groups excluding carboxylic acids is 2. The molecule has 0 aliphatic carbocycles. The highest BCUT2D eigenvalue weighted by Crippen LogP contribution is 2.38. The Morgan fingerprint density at radius 3 is 1.33 bits per heavy atom. The Balaban J connectivity index is 0.000000230. The molecule has 5 aromatic carbocycles. The number of Topliss-reactive ketones (excluding diaryl/α,β-unsaturated/α-hetero) is 1. The van der Waals surface area contributed by atoms with E-state index in [0.717, 1.165) is 40.7 Å². The molecule has 0 aliphatic heterocycles. The Kier molecular flexibility index (Phi) is 14.9. The van der Waals surface area contributed by atoms with Crippen molar-refractivity contribution < 1.29 is 19.5 Å². The van der Waals surface area contributed by atoms with Crippen LogP contribution in [0.15, 0.2) is 152 Å². The van der Waals surface area contributed by atoms with E-state index >= 15 is 0 Å². The molecule has 264 valence electrons. The first-order valence-corrected chi connectivity index (χ1v) is 17.7. The van der Waals surface area contributed by atoms with Gasteiger partial charge in [-0.05, 0) is 73.9 Å². The SMILES string of the molecule is CC(=O)C(C)(CC(c1ccccc1)c1ccccc1)C(=O)NCCCCN.O=C(O)C(CC(c1ccccc1)c1ccccc1)c1ccccc1. The molecule has 0 fully saturated rings. The van der Waals surface area contributed by atoms with Crippen LogP contribution in [0.5, 0.6) is 0 Å². The summed E-state index contributed by atoms with van der Waals surface area (Å²) in [6.07, 6.45) is 2.64. The Bertz CT molecular complexity index is 1690. The van der Waals surface area contributed by atoms with E-state index in [1.54, 1.807) is 6.92 Å². The van der Waals surface area contributed by atoms with Crippen molar-refractivity contribution in [3.05, 3.63) is 179 Å². The summed E-state index contributed by atoms with van der Waals surface area (Å²) in [6.45, 7) is 4.41. The van der Waals surface area contributed by atoms with E-state index in [1.165, 1.54) is 6.92 Å². The average molecular weight is 683 g/mol. The molecule has 0 spiro atoms. The normalized spacial score (nSPS) is 12.6. The summed E-state index contributed by atoms with van der Waals surface area (Å²) in [5.74, 6) is -1.61. The number of nitrogens with one attached hydrogen (secondary N) is 1. The second-order valence-corrected chi connectivity index (χ2v) is 13.1. The maximum atomic E-state index is 12.9. The van der Waals surface area contributed by atoms with Gasteiger partial charge >= 0.3 is 5.97 Å². The molecule has 4 N–H and O–H groups in total. The van der Waals surface area contributed by atoms with Gasteiger partial charge in [-0.3, -0.25) is 14.4 Å². The molecule has 0 bridgehead atoms. The lowest BCUT2D eigenvalue weighted by Gasteiger charge is -2.31. The third-order valence-electron chi connectivity index (χ3n) is 9.59. The van der Waals surface area contributed by atoms with Crippen molar-refractivity contribution in [1.29, 1.82) is 0 Å². The van der Waals surface area contributed by atoms with Gasteiger partial charge in [0.25, 0.3) is 0 Å². The van der Waals surface area contributed by atoms with Gasteiger partial charge in [0.15, 0.2) is 0 Å². The predicted octanol–water partition coefficient (Wildman–Crippen LogP) is 8.74. The number of nitrogens with two attached hydrogens (primary N) is 1. The predicted molar refractivity (Wildman–Crippen MR) is 206 cm³/mol. The number of unbranched alkanes of at least 4 members (excludes halogenated alkanes) is 1. The number of carbonyl (C=O) groups is 3. The number of benzene rings is 5. The van der Waals surface area contributed by atoms with Crippen molar-refractivity contribution in [3.8, 4) is 0 Å². The lowest BCUT2D eigenvalue weighted by molar-refractivity contribution is -0.141. The molecule has 0 aliphatic rings. The van der Waals surface area contributed by atoms with Crippen LogP contribution in [-0.4, -0.2) is 35.9 Å². The molecule has 0 heterocycles. The van der Waals surface area contributed by atoms with Crippen molar-refractivity contribution >= 4 is 17.7 Å². The van der Waals surface area contributed by atoms with Crippen LogP contribution >= 0.6 is 0 Å². The Hall–Kier alpha value is -5.33. The summed E-state index contributed by atoms with van der Waals surface area (Å²) in [5, 5.41) is 12.7. The Labute approximate surface area is 302 Å². The monoisotopic (exact) mass is 682 g/mol. The standard InChI is InChI=1S/C23H30N2O2.C22H20O2/c1-18(26)23(2,22(27)25-16-10-9-15-24)17-21(19-11-5-3-6-12-19)20-13-7-4-8-14-20;23-22(24)21(19-14-8-3-9-15-19)16-20(17-10-4-1-5-11-17)18-12-6-2-7-13-18/h3-8,11-14,21H,9-10,15-17,24H2,1-2H3,(H,25,27);1-15,20-21H,16H2,(H,23,24). The number of ketones is 1. The van der Waals surface area contributed by atoms with Gasteiger partial charge in [0, 0.05) is 18.4 Å². The Morgan fingerprint density at radius 1 is 0.608 bits per heavy atom. The number of aliphatic carboxylic acids is 1. The number of carboxylic acid groups (broad SMARTS) is 1. The molecule has 0 saturated carbocycles. The molecule has 5 aromatic rings. The number of hydrogen-bond donors (Lipinski definition) is 3. The quantitative estimate of drug-likeness (QED) is 0.0713. The fourth-order valence-corrected chi connectivity index (χ4v) is 6.41. The zero-order valence-electron chi connectivity index (χ0n) is 29.7. The van der Waals surface area contributed by atoms with Gasteiger partial charge in [-0.2, -0.15) is 0 Å². The summed E-state index contributed by atoms with van der Waals surface area (Å²) < 4.78 is 0. The first-order chi connectivity index (χ1) is 24.7. The minimum atomic E-state index is -1.08.